The summed E-state index contributed by atoms with van der Waals surface area (Å²) in [7, 11) is 0. The van der Waals surface area contributed by atoms with E-state index in [2.05, 4.69) is 13.8 Å². The molecule has 0 amide bonds. The van der Waals surface area contributed by atoms with Gasteiger partial charge in [-0.15, -0.1) is 0 Å². The molecule has 0 aliphatic heterocycles. The van der Waals surface area contributed by atoms with Gasteiger partial charge in [-0.05, 0) is 42.9 Å². The number of ketones is 1. The van der Waals surface area contributed by atoms with Gasteiger partial charge in [-0.2, -0.15) is 0 Å². The molecule has 2 bridgehead atoms. The van der Waals surface area contributed by atoms with Gasteiger partial charge in [0.15, 0.2) is 0 Å². The fraction of sp³-hybridized carbons (Fsp3) is 0.917. The van der Waals surface area contributed by atoms with E-state index in [0.717, 1.165) is 23.7 Å². The lowest BCUT2D eigenvalue weighted by Crippen LogP contribution is -2.15. The van der Waals surface area contributed by atoms with Crippen molar-refractivity contribution in [2.45, 2.75) is 33.1 Å². The first kappa shape index (κ1) is 8.02. The topological polar surface area (TPSA) is 17.1 Å². The summed E-state index contributed by atoms with van der Waals surface area (Å²) in [5, 5.41) is 0. The molecular weight excluding hydrogens is 160 g/mol. The second-order valence-corrected chi connectivity index (χ2v) is 5.57. The Morgan fingerprint density at radius 3 is 2.15 bits per heavy atom. The highest BCUT2D eigenvalue weighted by molar-refractivity contribution is 5.86. The predicted octanol–water partition coefficient (Wildman–Crippen LogP) is 2.50. The van der Waals surface area contributed by atoms with Crippen molar-refractivity contribution in [2.75, 3.05) is 0 Å². The average Bonchev–Trinajstić information content (AvgIpc) is 2.52. The van der Waals surface area contributed by atoms with E-state index in [1.807, 2.05) is 0 Å². The zero-order chi connectivity index (χ0) is 9.16. The number of hydrogen-bond acceptors (Lipinski definition) is 1. The molecule has 72 valence electrons. The molecule has 13 heavy (non-hydrogen) atoms. The van der Waals surface area contributed by atoms with Crippen LogP contribution in [-0.2, 0) is 4.79 Å². The lowest BCUT2D eigenvalue weighted by Gasteiger charge is -2.09. The summed E-state index contributed by atoms with van der Waals surface area (Å²) < 4.78 is 0. The van der Waals surface area contributed by atoms with Crippen molar-refractivity contribution in [1.82, 2.24) is 0 Å². The minimum absolute atomic E-state index is 0.273. The maximum atomic E-state index is 11.8. The van der Waals surface area contributed by atoms with E-state index in [-0.39, 0.29) is 5.92 Å². The number of fused-ring (bicyclic) bond motifs is 5. The van der Waals surface area contributed by atoms with Crippen molar-refractivity contribution in [3.63, 3.8) is 0 Å². The lowest BCUT2D eigenvalue weighted by atomic mass is 9.95. The smallest absolute Gasteiger partial charge is 0.139 e. The van der Waals surface area contributed by atoms with Crippen LogP contribution in [0.5, 0.6) is 0 Å². The van der Waals surface area contributed by atoms with Crippen LogP contribution < -0.4 is 0 Å². The molecule has 0 N–H and O–H groups in total. The number of rotatable bonds is 2. The van der Waals surface area contributed by atoms with Crippen LogP contribution in [0.1, 0.15) is 33.1 Å². The molecule has 3 rings (SSSR count). The Morgan fingerprint density at radius 2 is 1.69 bits per heavy atom. The molecule has 1 nitrogen and oxygen atoms in total. The van der Waals surface area contributed by atoms with Gasteiger partial charge >= 0.3 is 0 Å². The van der Waals surface area contributed by atoms with Gasteiger partial charge in [-0.3, -0.25) is 4.79 Å². The molecule has 4 unspecified atom stereocenters. The maximum Gasteiger partial charge on any atom is 0.139 e. The Kier molecular flexibility index (Phi) is 1.46. The molecule has 0 saturated heterocycles. The number of carbonyl (C=O) groups excluding carboxylic acids is 1. The summed E-state index contributed by atoms with van der Waals surface area (Å²) >= 11 is 0. The van der Waals surface area contributed by atoms with Crippen LogP contribution >= 0.6 is 0 Å². The van der Waals surface area contributed by atoms with Crippen molar-refractivity contribution in [1.29, 1.82) is 0 Å². The average molecular weight is 178 g/mol. The monoisotopic (exact) mass is 178 g/mol. The highest BCUT2D eigenvalue weighted by Gasteiger charge is 2.67. The highest BCUT2D eigenvalue weighted by Crippen LogP contribution is 2.69. The van der Waals surface area contributed by atoms with Crippen LogP contribution in [0.15, 0.2) is 0 Å². The minimum Gasteiger partial charge on any atom is -0.299 e. The zero-order valence-corrected chi connectivity index (χ0v) is 8.49. The van der Waals surface area contributed by atoms with Gasteiger partial charge < -0.3 is 0 Å². The third-order valence-electron chi connectivity index (χ3n) is 4.63. The van der Waals surface area contributed by atoms with Gasteiger partial charge in [0.25, 0.3) is 0 Å². The Bertz CT molecular complexity index is 240. The van der Waals surface area contributed by atoms with E-state index in [1.54, 1.807) is 0 Å². The van der Waals surface area contributed by atoms with Crippen molar-refractivity contribution in [2.24, 2.45) is 35.5 Å². The molecule has 3 aliphatic carbocycles. The minimum atomic E-state index is 0.273. The van der Waals surface area contributed by atoms with Crippen LogP contribution in [0.4, 0.5) is 0 Å². The van der Waals surface area contributed by atoms with Crippen molar-refractivity contribution in [3.8, 4) is 0 Å². The molecule has 0 radical (unpaired) electrons. The van der Waals surface area contributed by atoms with Crippen molar-refractivity contribution >= 4 is 5.78 Å². The molecule has 3 fully saturated rings. The van der Waals surface area contributed by atoms with Crippen LogP contribution in [-0.4, -0.2) is 5.78 Å². The van der Waals surface area contributed by atoms with E-state index in [1.165, 1.54) is 19.3 Å². The van der Waals surface area contributed by atoms with E-state index in [9.17, 15) is 4.79 Å². The van der Waals surface area contributed by atoms with Crippen molar-refractivity contribution < 1.29 is 4.79 Å². The second-order valence-electron chi connectivity index (χ2n) is 5.57. The molecule has 3 aliphatic rings. The molecule has 4 atom stereocenters. The molecule has 0 aromatic rings. The highest BCUT2D eigenvalue weighted by atomic mass is 16.1. The largest absolute Gasteiger partial charge is 0.299 e. The standard InChI is InChI=1S/C12H18O/c1-6(2)12(13)11-9-7-3-4-8(5-7)10(9)11/h6-11H,3-5H2,1-2H3. The fourth-order valence-corrected chi connectivity index (χ4v) is 4.09. The maximum absolute atomic E-state index is 11.8. The molecular formula is C12H18O. The van der Waals surface area contributed by atoms with E-state index in [0.29, 0.717) is 11.7 Å². The van der Waals surface area contributed by atoms with Gasteiger partial charge in [0.05, 0.1) is 0 Å². The predicted molar refractivity (Wildman–Crippen MR) is 51.1 cm³/mol. The summed E-state index contributed by atoms with van der Waals surface area (Å²) in [5.41, 5.74) is 0. The van der Waals surface area contributed by atoms with Crippen LogP contribution in [0.3, 0.4) is 0 Å². The third-order valence-corrected chi connectivity index (χ3v) is 4.63. The van der Waals surface area contributed by atoms with Gasteiger partial charge in [0.1, 0.15) is 5.78 Å². The van der Waals surface area contributed by atoms with Crippen molar-refractivity contribution in [3.05, 3.63) is 0 Å². The zero-order valence-electron chi connectivity index (χ0n) is 8.49. The number of Topliss-reactive ketones (excluding diaryl/α,β-unsaturated/α-hetero) is 1. The van der Waals surface area contributed by atoms with E-state index < -0.39 is 0 Å². The molecule has 0 aromatic carbocycles. The van der Waals surface area contributed by atoms with Crippen LogP contribution in [0.25, 0.3) is 0 Å². The quantitative estimate of drug-likeness (QED) is 0.635. The van der Waals surface area contributed by atoms with Gasteiger partial charge in [-0.1, -0.05) is 13.8 Å². The summed E-state index contributed by atoms with van der Waals surface area (Å²) in [6.45, 7) is 4.11. The first-order chi connectivity index (χ1) is 6.20. The van der Waals surface area contributed by atoms with E-state index in [4.69, 9.17) is 0 Å². The molecule has 0 heterocycles. The molecule has 0 spiro atoms. The molecule has 0 aromatic heterocycles. The number of carbonyl (C=O) groups is 1. The Balaban J connectivity index is 1.76. The summed E-state index contributed by atoms with van der Waals surface area (Å²) in [5.74, 6) is 4.92. The third kappa shape index (κ3) is 0.908. The lowest BCUT2D eigenvalue weighted by molar-refractivity contribution is -0.124. The number of hydrogen-bond donors (Lipinski definition) is 0. The second kappa shape index (κ2) is 2.37. The fourth-order valence-electron chi connectivity index (χ4n) is 4.09. The summed E-state index contributed by atoms with van der Waals surface area (Å²) in [6, 6.07) is 0. The Hall–Kier alpha value is -0.330. The molecule has 1 heteroatoms. The normalized spacial score (nSPS) is 51.2. The first-order valence-corrected chi connectivity index (χ1v) is 5.74. The van der Waals surface area contributed by atoms with Gasteiger partial charge in [-0.25, -0.2) is 0 Å². The molecule has 3 saturated carbocycles. The van der Waals surface area contributed by atoms with E-state index >= 15 is 0 Å². The Labute approximate surface area is 79.9 Å². The Morgan fingerprint density at radius 1 is 1.15 bits per heavy atom. The summed E-state index contributed by atoms with van der Waals surface area (Å²) in [6.07, 6.45) is 4.30. The van der Waals surface area contributed by atoms with Crippen LogP contribution in [0, 0.1) is 35.5 Å². The first-order valence-electron chi connectivity index (χ1n) is 5.74. The van der Waals surface area contributed by atoms with Gasteiger partial charge in [0, 0.05) is 11.8 Å². The summed E-state index contributed by atoms with van der Waals surface area (Å²) in [4.78, 5) is 11.8. The van der Waals surface area contributed by atoms with Crippen LogP contribution in [0.2, 0.25) is 0 Å². The van der Waals surface area contributed by atoms with Gasteiger partial charge in [0.2, 0.25) is 0 Å². The SMILES string of the molecule is CC(C)C(=O)C1C2C3CCC(C3)C12.